The highest BCUT2D eigenvalue weighted by Gasteiger charge is 2.06. The van der Waals surface area contributed by atoms with Gasteiger partial charge in [0.25, 0.3) is 0 Å². The minimum absolute atomic E-state index is 0.141. The highest BCUT2D eigenvalue weighted by molar-refractivity contribution is 5.78. The van der Waals surface area contributed by atoms with Gasteiger partial charge in [-0.1, -0.05) is 5.92 Å². The second kappa shape index (κ2) is 5.01. The van der Waals surface area contributed by atoms with Crippen LogP contribution in [0.15, 0.2) is 18.3 Å². The van der Waals surface area contributed by atoms with Gasteiger partial charge in [-0.05, 0) is 19.1 Å². The molecule has 0 fully saturated rings. The van der Waals surface area contributed by atoms with Crippen molar-refractivity contribution in [1.29, 1.82) is 0 Å². The van der Waals surface area contributed by atoms with E-state index in [-0.39, 0.29) is 18.4 Å². The summed E-state index contributed by atoms with van der Waals surface area (Å²) in [5, 5.41) is 2.65. The van der Waals surface area contributed by atoms with Crippen molar-refractivity contribution in [2.45, 2.75) is 19.4 Å². The summed E-state index contributed by atoms with van der Waals surface area (Å²) in [5.41, 5.74) is 6.72. The van der Waals surface area contributed by atoms with Crippen molar-refractivity contribution in [3.05, 3.63) is 24.0 Å². The van der Waals surface area contributed by atoms with Gasteiger partial charge in [0.15, 0.2) is 0 Å². The fourth-order valence-electron chi connectivity index (χ4n) is 1.04. The quantitative estimate of drug-likeness (QED) is 0.696. The monoisotopic (exact) mass is 203 g/mol. The van der Waals surface area contributed by atoms with Crippen molar-refractivity contribution >= 4 is 11.6 Å². The molecule has 0 saturated heterocycles. The molecule has 3 N–H and O–H groups in total. The third kappa shape index (κ3) is 3.69. The standard InChI is InChI=1S/C11H13N3O/c1-3-8(2)14-11(15)6-10-5-4-9(12)7-13-10/h1,4-5,7-8H,6,12H2,2H3,(H,14,15). The van der Waals surface area contributed by atoms with Crippen LogP contribution < -0.4 is 11.1 Å². The van der Waals surface area contributed by atoms with Crippen LogP contribution in [0.5, 0.6) is 0 Å². The van der Waals surface area contributed by atoms with Crippen molar-refractivity contribution in [2.75, 3.05) is 5.73 Å². The van der Waals surface area contributed by atoms with E-state index in [2.05, 4.69) is 16.2 Å². The molecule has 4 nitrogen and oxygen atoms in total. The molecule has 0 bridgehead atoms. The number of nitrogens with zero attached hydrogens (tertiary/aromatic N) is 1. The summed E-state index contributed by atoms with van der Waals surface area (Å²) in [5.74, 6) is 2.28. The van der Waals surface area contributed by atoms with Crippen molar-refractivity contribution in [3.8, 4) is 12.3 Å². The van der Waals surface area contributed by atoms with Gasteiger partial charge in [0.2, 0.25) is 5.91 Å². The molecular formula is C11H13N3O. The first kappa shape index (κ1) is 11.1. The van der Waals surface area contributed by atoms with Crippen LogP contribution in [0.1, 0.15) is 12.6 Å². The number of aromatic nitrogens is 1. The van der Waals surface area contributed by atoms with Crippen molar-refractivity contribution in [1.82, 2.24) is 10.3 Å². The molecule has 0 aromatic carbocycles. The molecule has 1 rings (SSSR count). The molecule has 0 saturated carbocycles. The summed E-state index contributed by atoms with van der Waals surface area (Å²) in [6, 6.07) is 3.17. The number of nitrogens with two attached hydrogens (primary N) is 1. The van der Waals surface area contributed by atoms with Gasteiger partial charge in [0.1, 0.15) is 0 Å². The highest BCUT2D eigenvalue weighted by Crippen LogP contribution is 2.01. The zero-order chi connectivity index (χ0) is 11.3. The van der Waals surface area contributed by atoms with Gasteiger partial charge in [0, 0.05) is 5.69 Å². The molecule has 0 spiro atoms. The zero-order valence-corrected chi connectivity index (χ0v) is 8.53. The number of nitrogen functional groups attached to an aromatic ring is 1. The van der Waals surface area contributed by atoms with E-state index in [1.807, 2.05) is 0 Å². The lowest BCUT2D eigenvalue weighted by molar-refractivity contribution is -0.120. The topological polar surface area (TPSA) is 68.0 Å². The van der Waals surface area contributed by atoms with Crippen LogP contribution in [-0.4, -0.2) is 16.9 Å². The lowest BCUT2D eigenvalue weighted by Crippen LogP contribution is -2.32. The molecule has 1 aromatic heterocycles. The highest BCUT2D eigenvalue weighted by atomic mass is 16.1. The van der Waals surface area contributed by atoms with Gasteiger partial charge >= 0.3 is 0 Å². The number of rotatable bonds is 3. The second-order valence-electron chi connectivity index (χ2n) is 3.22. The van der Waals surface area contributed by atoms with E-state index in [4.69, 9.17) is 12.2 Å². The van der Waals surface area contributed by atoms with Crippen LogP contribution >= 0.6 is 0 Å². The molecule has 1 heterocycles. The summed E-state index contributed by atoms with van der Waals surface area (Å²) >= 11 is 0. The fraction of sp³-hybridized carbons (Fsp3) is 0.273. The number of carbonyl (C=O) groups is 1. The maximum atomic E-state index is 11.4. The normalized spacial score (nSPS) is 11.5. The van der Waals surface area contributed by atoms with Crippen LogP contribution in [0.4, 0.5) is 5.69 Å². The first-order valence-electron chi connectivity index (χ1n) is 4.57. The molecule has 0 aliphatic heterocycles. The predicted molar refractivity (Wildman–Crippen MR) is 58.8 cm³/mol. The molecule has 1 unspecified atom stereocenters. The number of hydrogen-bond donors (Lipinski definition) is 2. The molecule has 15 heavy (non-hydrogen) atoms. The summed E-state index contributed by atoms with van der Waals surface area (Å²) in [7, 11) is 0. The number of amides is 1. The Kier molecular flexibility index (Phi) is 3.69. The van der Waals surface area contributed by atoms with Gasteiger partial charge in [0.05, 0.1) is 24.3 Å². The minimum Gasteiger partial charge on any atom is -0.397 e. The molecule has 4 heteroatoms. The minimum atomic E-state index is -0.258. The van der Waals surface area contributed by atoms with E-state index >= 15 is 0 Å². The van der Waals surface area contributed by atoms with Gasteiger partial charge in [-0.3, -0.25) is 9.78 Å². The van der Waals surface area contributed by atoms with Crippen molar-refractivity contribution in [2.24, 2.45) is 0 Å². The van der Waals surface area contributed by atoms with Crippen LogP contribution in [0, 0.1) is 12.3 Å². The summed E-state index contributed by atoms with van der Waals surface area (Å²) in [4.78, 5) is 15.4. The predicted octanol–water partition coefficient (Wildman–Crippen LogP) is 0.344. The van der Waals surface area contributed by atoms with E-state index in [0.29, 0.717) is 11.4 Å². The second-order valence-corrected chi connectivity index (χ2v) is 3.22. The van der Waals surface area contributed by atoms with Gasteiger partial charge in [-0.2, -0.15) is 0 Å². The average molecular weight is 203 g/mol. The van der Waals surface area contributed by atoms with Crippen molar-refractivity contribution < 1.29 is 4.79 Å². The van der Waals surface area contributed by atoms with Crippen LogP contribution in [0.3, 0.4) is 0 Å². The SMILES string of the molecule is C#CC(C)NC(=O)Cc1ccc(N)cn1. The number of pyridine rings is 1. The average Bonchev–Trinajstić information content (AvgIpc) is 2.21. The zero-order valence-electron chi connectivity index (χ0n) is 8.53. The number of nitrogens with one attached hydrogen (secondary N) is 1. The maximum absolute atomic E-state index is 11.4. The smallest absolute Gasteiger partial charge is 0.226 e. The largest absolute Gasteiger partial charge is 0.397 e. The molecule has 1 atom stereocenters. The maximum Gasteiger partial charge on any atom is 0.226 e. The van der Waals surface area contributed by atoms with Gasteiger partial charge in [-0.15, -0.1) is 6.42 Å². The summed E-state index contributed by atoms with van der Waals surface area (Å²) in [6.45, 7) is 1.74. The lowest BCUT2D eigenvalue weighted by atomic mass is 10.2. The summed E-state index contributed by atoms with van der Waals surface area (Å²) < 4.78 is 0. The van der Waals surface area contributed by atoms with Gasteiger partial charge < -0.3 is 11.1 Å². The number of hydrogen-bond acceptors (Lipinski definition) is 3. The van der Waals surface area contributed by atoms with Crippen LogP contribution in [0.25, 0.3) is 0 Å². The number of terminal acetylenes is 1. The Balaban J connectivity index is 2.52. The third-order valence-corrected chi connectivity index (χ3v) is 1.82. The molecule has 0 aliphatic rings. The Morgan fingerprint density at radius 1 is 1.73 bits per heavy atom. The molecule has 0 aliphatic carbocycles. The first-order valence-corrected chi connectivity index (χ1v) is 4.57. The molecule has 1 amide bonds. The van der Waals surface area contributed by atoms with Crippen molar-refractivity contribution in [3.63, 3.8) is 0 Å². The Morgan fingerprint density at radius 3 is 3.00 bits per heavy atom. The van der Waals surface area contributed by atoms with E-state index in [1.165, 1.54) is 6.20 Å². The van der Waals surface area contributed by atoms with Gasteiger partial charge in [-0.25, -0.2) is 0 Å². The Morgan fingerprint density at radius 2 is 2.47 bits per heavy atom. The van der Waals surface area contributed by atoms with E-state index in [0.717, 1.165) is 0 Å². The molecule has 0 radical (unpaired) electrons. The number of anilines is 1. The molecule has 1 aromatic rings. The van der Waals surface area contributed by atoms with E-state index in [1.54, 1.807) is 19.1 Å². The Labute approximate surface area is 88.9 Å². The summed E-state index contributed by atoms with van der Waals surface area (Å²) in [6.07, 6.45) is 6.87. The fourth-order valence-corrected chi connectivity index (χ4v) is 1.04. The Bertz CT molecular complexity index is 378. The van der Waals surface area contributed by atoms with Crippen LogP contribution in [0.2, 0.25) is 0 Å². The number of carbonyl (C=O) groups excluding carboxylic acids is 1. The first-order chi connectivity index (χ1) is 7.11. The Hall–Kier alpha value is -2.02. The lowest BCUT2D eigenvalue weighted by Gasteiger charge is -2.07. The molecule has 78 valence electrons. The van der Waals surface area contributed by atoms with E-state index in [9.17, 15) is 4.79 Å². The van der Waals surface area contributed by atoms with Crippen LogP contribution in [-0.2, 0) is 11.2 Å². The molecular weight excluding hydrogens is 190 g/mol. The van der Waals surface area contributed by atoms with E-state index < -0.39 is 0 Å². The third-order valence-electron chi connectivity index (χ3n) is 1.82.